The summed E-state index contributed by atoms with van der Waals surface area (Å²) in [7, 11) is 0. The van der Waals surface area contributed by atoms with Crippen LogP contribution in [0.15, 0.2) is 28.8 Å². The Hall–Kier alpha value is -2.75. The van der Waals surface area contributed by atoms with Gasteiger partial charge in [0.2, 0.25) is 0 Å². The molecular weight excluding hydrogens is 377 g/mol. The zero-order valence-electron chi connectivity index (χ0n) is 15.6. The molecule has 3 rings (SSSR count). The maximum absolute atomic E-state index is 13.7. The molecule has 0 saturated carbocycles. The van der Waals surface area contributed by atoms with Crippen LogP contribution in [0.1, 0.15) is 25.2 Å². The number of nitrogens with zero attached hydrogens (tertiary/aromatic N) is 2. The van der Waals surface area contributed by atoms with Gasteiger partial charge in [-0.05, 0) is 39.0 Å². The van der Waals surface area contributed by atoms with E-state index in [4.69, 9.17) is 9.26 Å². The predicted molar refractivity (Wildman–Crippen MR) is 97.5 cm³/mol. The Bertz CT molecular complexity index is 843. The summed E-state index contributed by atoms with van der Waals surface area (Å²) in [6.45, 7) is 6.00. The lowest BCUT2D eigenvalue weighted by Gasteiger charge is -2.38. The molecule has 1 fully saturated rings. The number of hydrogen-bond donors (Lipinski definition) is 2. The van der Waals surface area contributed by atoms with Crippen molar-refractivity contribution in [3.8, 4) is 0 Å². The van der Waals surface area contributed by atoms with E-state index in [9.17, 15) is 18.0 Å². The number of benzene rings is 1. The highest BCUT2D eigenvalue weighted by atomic mass is 19.4. The van der Waals surface area contributed by atoms with Gasteiger partial charge < -0.3 is 19.5 Å². The fourth-order valence-corrected chi connectivity index (χ4v) is 3.20. The molecule has 0 spiro atoms. The Balaban J connectivity index is 1.81. The monoisotopic (exact) mass is 398 g/mol. The highest BCUT2D eigenvalue weighted by Crippen LogP contribution is 2.39. The number of ether oxygens (including phenoxy) is 1. The average molecular weight is 398 g/mol. The lowest BCUT2D eigenvalue weighted by Crippen LogP contribution is -2.46. The van der Waals surface area contributed by atoms with Crippen LogP contribution in [-0.4, -0.2) is 36.5 Å². The minimum Gasteiger partial charge on any atom is -0.372 e. The van der Waals surface area contributed by atoms with Gasteiger partial charge in [0.15, 0.2) is 5.82 Å². The number of halogens is 3. The summed E-state index contributed by atoms with van der Waals surface area (Å²) in [5.41, 5.74) is -0.736. The van der Waals surface area contributed by atoms with Gasteiger partial charge in [0.25, 0.3) is 0 Å². The van der Waals surface area contributed by atoms with E-state index in [2.05, 4.69) is 15.8 Å². The number of nitrogens with one attached hydrogen (secondary N) is 2. The van der Waals surface area contributed by atoms with E-state index in [1.807, 2.05) is 13.8 Å². The van der Waals surface area contributed by atoms with Crippen molar-refractivity contribution in [2.45, 2.75) is 39.2 Å². The number of aryl methyl sites for hydroxylation is 1. The summed E-state index contributed by atoms with van der Waals surface area (Å²) < 4.78 is 51.4. The molecule has 1 aliphatic rings. The van der Waals surface area contributed by atoms with Crippen molar-refractivity contribution in [2.75, 3.05) is 28.6 Å². The van der Waals surface area contributed by atoms with Crippen LogP contribution in [0.5, 0.6) is 0 Å². The van der Waals surface area contributed by atoms with Gasteiger partial charge in [-0.1, -0.05) is 5.16 Å². The van der Waals surface area contributed by atoms with E-state index in [0.717, 1.165) is 6.07 Å². The summed E-state index contributed by atoms with van der Waals surface area (Å²) in [5.74, 6) is 0.659. The Labute approximate surface area is 159 Å². The molecule has 1 aliphatic heterocycles. The number of aromatic nitrogens is 1. The Morgan fingerprint density at radius 1 is 1.18 bits per heavy atom. The Morgan fingerprint density at radius 3 is 2.43 bits per heavy atom. The molecule has 2 amide bonds. The first-order valence-electron chi connectivity index (χ1n) is 8.75. The Kier molecular flexibility index (Phi) is 5.50. The standard InChI is InChI=1S/C18H21F3N4O3/c1-10-6-16(24-28-10)23-17(26)22-13-4-5-15(14(7-13)18(19,20)21)25-8-11(2)27-12(3)9-25/h4-7,11-12H,8-9H2,1-3H3,(H2,22,23,24,26)/t11-,12-/m1/s1. The second kappa shape index (κ2) is 7.70. The first kappa shape index (κ1) is 20.0. The molecule has 10 heteroatoms. The second-order valence-corrected chi connectivity index (χ2v) is 6.79. The quantitative estimate of drug-likeness (QED) is 0.808. The molecule has 2 N–H and O–H groups in total. The predicted octanol–water partition coefficient (Wildman–Crippen LogP) is 4.26. The normalized spacial score (nSPS) is 20.1. The van der Waals surface area contributed by atoms with Gasteiger partial charge in [-0.2, -0.15) is 13.2 Å². The number of hydrogen-bond acceptors (Lipinski definition) is 5. The van der Waals surface area contributed by atoms with Crippen LogP contribution >= 0.6 is 0 Å². The van der Waals surface area contributed by atoms with E-state index in [1.165, 1.54) is 18.2 Å². The van der Waals surface area contributed by atoms with Crippen molar-refractivity contribution in [2.24, 2.45) is 0 Å². The number of carbonyl (C=O) groups is 1. The minimum absolute atomic E-state index is 0.0168. The van der Waals surface area contributed by atoms with Gasteiger partial charge in [-0.25, -0.2) is 4.79 Å². The van der Waals surface area contributed by atoms with E-state index >= 15 is 0 Å². The highest BCUT2D eigenvalue weighted by Gasteiger charge is 2.36. The number of carbonyl (C=O) groups excluding carboxylic acids is 1. The molecule has 1 aromatic heterocycles. The van der Waals surface area contributed by atoms with Crippen molar-refractivity contribution >= 4 is 23.2 Å². The summed E-state index contributed by atoms with van der Waals surface area (Å²) >= 11 is 0. The third-order valence-electron chi connectivity index (χ3n) is 4.19. The van der Waals surface area contributed by atoms with Gasteiger partial charge in [0.05, 0.1) is 17.8 Å². The topological polar surface area (TPSA) is 79.6 Å². The number of amides is 2. The fourth-order valence-electron chi connectivity index (χ4n) is 3.20. The van der Waals surface area contributed by atoms with Crippen LogP contribution in [0.25, 0.3) is 0 Å². The lowest BCUT2D eigenvalue weighted by molar-refractivity contribution is -0.137. The number of rotatable bonds is 3. The third kappa shape index (κ3) is 4.75. The number of morpholine rings is 1. The van der Waals surface area contributed by atoms with Gasteiger partial charge in [-0.3, -0.25) is 5.32 Å². The van der Waals surface area contributed by atoms with Gasteiger partial charge in [0.1, 0.15) is 5.76 Å². The summed E-state index contributed by atoms with van der Waals surface area (Å²) in [4.78, 5) is 13.7. The van der Waals surface area contributed by atoms with Crippen molar-refractivity contribution in [3.05, 3.63) is 35.6 Å². The average Bonchev–Trinajstić information content (AvgIpc) is 2.97. The van der Waals surface area contributed by atoms with Gasteiger partial charge in [-0.15, -0.1) is 0 Å². The molecule has 1 saturated heterocycles. The molecule has 0 bridgehead atoms. The first-order valence-corrected chi connectivity index (χ1v) is 8.75. The number of urea groups is 1. The largest absolute Gasteiger partial charge is 0.418 e. The van der Waals surface area contributed by atoms with Crippen LogP contribution in [0.2, 0.25) is 0 Å². The van der Waals surface area contributed by atoms with E-state index in [0.29, 0.717) is 18.8 Å². The first-order chi connectivity index (χ1) is 13.1. The molecule has 2 heterocycles. The second-order valence-electron chi connectivity index (χ2n) is 6.79. The van der Waals surface area contributed by atoms with Crippen molar-refractivity contribution in [3.63, 3.8) is 0 Å². The van der Waals surface area contributed by atoms with Crippen LogP contribution in [0.4, 0.5) is 35.2 Å². The van der Waals surface area contributed by atoms with Gasteiger partial charge in [0, 0.05) is 30.5 Å². The molecule has 1 aromatic carbocycles. The summed E-state index contributed by atoms with van der Waals surface area (Å²) in [6, 6.07) is 4.49. The molecule has 28 heavy (non-hydrogen) atoms. The molecule has 152 valence electrons. The highest BCUT2D eigenvalue weighted by molar-refractivity contribution is 5.99. The summed E-state index contributed by atoms with van der Waals surface area (Å²) in [6.07, 6.45) is -4.93. The third-order valence-corrected chi connectivity index (χ3v) is 4.19. The molecule has 2 atom stereocenters. The molecule has 0 unspecified atom stereocenters. The van der Waals surface area contributed by atoms with Crippen molar-refractivity contribution in [1.82, 2.24) is 5.16 Å². The van der Waals surface area contributed by atoms with E-state index in [-0.39, 0.29) is 29.4 Å². The van der Waals surface area contributed by atoms with Crippen molar-refractivity contribution in [1.29, 1.82) is 0 Å². The van der Waals surface area contributed by atoms with Gasteiger partial charge >= 0.3 is 12.2 Å². The number of anilines is 3. The number of alkyl halides is 3. The smallest absolute Gasteiger partial charge is 0.372 e. The van der Waals surface area contributed by atoms with Crippen LogP contribution in [0, 0.1) is 6.92 Å². The molecular formula is C18H21F3N4O3. The van der Waals surface area contributed by atoms with E-state index in [1.54, 1.807) is 11.8 Å². The summed E-state index contributed by atoms with van der Waals surface area (Å²) in [5, 5.41) is 8.38. The minimum atomic E-state index is -4.57. The lowest BCUT2D eigenvalue weighted by atomic mass is 10.1. The molecule has 0 aliphatic carbocycles. The van der Waals surface area contributed by atoms with Crippen LogP contribution in [-0.2, 0) is 10.9 Å². The molecule has 0 radical (unpaired) electrons. The van der Waals surface area contributed by atoms with Crippen molar-refractivity contribution < 1.29 is 27.2 Å². The molecule has 2 aromatic rings. The van der Waals surface area contributed by atoms with Crippen LogP contribution in [0.3, 0.4) is 0 Å². The zero-order valence-corrected chi connectivity index (χ0v) is 15.6. The van der Waals surface area contributed by atoms with E-state index < -0.39 is 17.8 Å². The maximum Gasteiger partial charge on any atom is 0.418 e. The molecule has 7 nitrogen and oxygen atoms in total. The Morgan fingerprint density at radius 2 is 1.86 bits per heavy atom. The zero-order chi connectivity index (χ0) is 20.5. The fraction of sp³-hybridized carbons (Fsp3) is 0.444. The SMILES string of the molecule is Cc1cc(NC(=O)Nc2ccc(N3C[C@@H](C)O[C@H](C)C3)c(C(F)(F)F)c2)no1. The maximum atomic E-state index is 13.7. The van der Waals surface area contributed by atoms with Crippen LogP contribution < -0.4 is 15.5 Å².